The van der Waals surface area contributed by atoms with Gasteiger partial charge >= 0.3 is 6.09 Å². The van der Waals surface area contributed by atoms with E-state index in [0.29, 0.717) is 13.0 Å². The number of hydrogen-bond donors (Lipinski definition) is 0. The molecule has 1 aromatic rings. The third-order valence-electron chi connectivity index (χ3n) is 4.26. The van der Waals surface area contributed by atoms with Crippen molar-refractivity contribution in [2.24, 2.45) is 11.3 Å². The van der Waals surface area contributed by atoms with Crippen LogP contribution in [0.1, 0.15) is 38.7 Å². The lowest BCUT2D eigenvalue weighted by Crippen LogP contribution is -2.41. The van der Waals surface area contributed by atoms with Crippen LogP contribution in [0.2, 0.25) is 0 Å². The van der Waals surface area contributed by atoms with Crippen LogP contribution in [0.3, 0.4) is 0 Å². The number of ether oxygens (including phenoxy) is 1. The van der Waals surface area contributed by atoms with Crippen LogP contribution in [0.25, 0.3) is 0 Å². The first kappa shape index (κ1) is 17.3. The van der Waals surface area contributed by atoms with Crippen molar-refractivity contribution in [1.82, 2.24) is 4.90 Å². The molecule has 0 saturated carbocycles. The minimum atomic E-state index is -0.537. The zero-order valence-electron chi connectivity index (χ0n) is 14.1. The Morgan fingerprint density at radius 3 is 2.48 bits per heavy atom. The van der Waals surface area contributed by atoms with Crippen LogP contribution in [-0.4, -0.2) is 30.1 Å². The summed E-state index contributed by atoms with van der Waals surface area (Å²) in [4.78, 5) is 26.0. The first-order valence-corrected chi connectivity index (χ1v) is 8.00. The van der Waals surface area contributed by atoms with Gasteiger partial charge in [-0.1, -0.05) is 57.2 Å². The Morgan fingerprint density at radius 2 is 2.00 bits per heavy atom. The first-order chi connectivity index (χ1) is 10.9. The largest absolute Gasteiger partial charge is 0.447 e. The van der Waals surface area contributed by atoms with E-state index in [1.807, 2.05) is 30.3 Å². The molecule has 0 aromatic heterocycles. The molecule has 4 nitrogen and oxygen atoms in total. The van der Waals surface area contributed by atoms with Gasteiger partial charge in [0.15, 0.2) is 0 Å². The fourth-order valence-electron chi connectivity index (χ4n) is 3.35. The van der Waals surface area contributed by atoms with E-state index in [4.69, 9.17) is 4.74 Å². The molecule has 1 aliphatic heterocycles. The quantitative estimate of drug-likeness (QED) is 0.772. The zero-order valence-corrected chi connectivity index (χ0v) is 14.1. The summed E-state index contributed by atoms with van der Waals surface area (Å²) in [5.74, 6) is -0.515. The Morgan fingerprint density at radius 1 is 1.35 bits per heavy atom. The Hall–Kier alpha value is -2.10. The molecule has 0 radical (unpaired) electrons. The maximum Gasteiger partial charge on any atom is 0.416 e. The van der Waals surface area contributed by atoms with E-state index in [-0.39, 0.29) is 29.8 Å². The standard InChI is InChI=1S/C19H25NO3/c1-5-9-15(17(21)20-12-13-23-18(20)22)16(19(2,3)4)14-10-7-6-8-11-14/h5-8,10-11,15-16H,1,9,12-13H2,2-4H3/t15-,16+/m0/s1. The summed E-state index contributed by atoms with van der Waals surface area (Å²) in [5, 5.41) is 0. The number of benzene rings is 1. The number of rotatable bonds is 5. The van der Waals surface area contributed by atoms with Crippen molar-refractivity contribution in [1.29, 1.82) is 0 Å². The Kier molecular flexibility index (Phi) is 5.24. The molecule has 0 bridgehead atoms. The number of hydrogen-bond acceptors (Lipinski definition) is 3. The van der Waals surface area contributed by atoms with Gasteiger partial charge in [-0.05, 0) is 17.4 Å². The third kappa shape index (κ3) is 3.81. The average Bonchev–Trinajstić information content (AvgIpc) is 2.92. The minimum Gasteiger partial charge on any atom is -0.447 e. The van der Waals surface area contributed by atoms with E-state index in [2.05, 4.69) is 27.4 Å². The van der Waals surface area contributed by atoms with Gasteiger partial charge < -0.3 is 4.74 Å². The maximum atomic E-state index is 13.0. The molecule has 1 saturated heterocycles. The smallest absolute Gasteiger partial charge is 0.416 e. The predicted octanol–water partition coefficient (Wildman–Crippen LogP) is 3.99. The molecule has 1 aliphatic rings. The Balaban J connectivity index is 2.40. The van der Waals surface area contributed by atoms with Gasteiger partial charge in [0.1, 0.15) is 6.61 Å². The molecule has 1 heterocycles. The highest BCUT2D eigenvalue weighted by molar-refractivity contribution is 5.94. The van der Waals surface area contributed by atoms with E-state index in [1.165, 1.54) is 4.90 Å². The van der Waals surface area contributed by atoms with Crippen LogP contribution in [0.5, 0.6) is 0 Å². The van der Waals surface area contributed by atoms with Gasteiger partial charge in [0, 0.05) is 11.8 Å². The highest BCUT2D eigenvalue weighted by atomic mass is 16.6. The summed E-state index contributed by atoms with van der Waals surface area (Å²) in [6, 6.07) is 10.0. The summed E-state index contributed by atoms with van der Waals surface area (Å²) < 4.78 is 4.93. The van der Waals surface area contributed by atoms with Crippen LogP contribution in [0.15, 0.2) is 43.0 Å². The molecule has 23 heavy (non-hydrogen) atoms. The lowest BCUT2D eigenvalue weighted by molar-refractivity contribution is -0.133. The molecule has 4 heteroatoms. The second-order valence-electron chi connectivity index (χ2n) is 6.99. The van der Waals surface area contributed by atoms with Crippen molar-refractivity contribution in [2.75, 3.05) is 13.2 Å². The number of allylic oxidation sites excluding steroid dienone is 1. The molecular weight excluding hydrogens is 290 g/mol. The van der Waals surface area contributed by atoms with Crippen molar-refractivity contribution in [3.8, 4) is 0 Å². The van der Waals surface area contributed by atoms with E-state index in [1.54, 1.807) is 6.08 Å². The SMILES string of the molecule is C=CC[C@H](C(=O)N1CCOC1=O)[C@@H](c1ccccc1)C(C)(C)C. The van der Waals surface area contributed by atoms with Crippen molar-refractivity contribution < 1.29 is 14.3 Å². The van der Waals surface area contributed by atoms with Gasteiger partial charge in [0.05, 0.1) is 6.54 Å². The summed E-state index contributed by atoms with van der Waals surface area (Å²) in [6.07, 6.45) is 1.75. The Bertz CT molecular complexity index is 574. The molecule has 2 atom stereocenters. The minimum absolute atomic E-state index is 0.0115. The van der Waals surface area contributed by atoms with Gasteiger partial charge in [0.2, 0.25) is 5.91 Å². The number of cyclic esters (lactones) is 1. The molecule has 0 unspecified atom stereocenters. The summed E-state index contributed by atoms with van der Waals surface area (Å²) in [7, 11) is 0. The highest BCUT2D eigenvalue weighted by Gasteiger charge is 2.41. The van der Waals surface area contributed by atoms with Crippen molar-refractivity contribution >= 4 is 12.0 Å². The molecular formula is C19H25NO3. The summed E-state index contributed by atoms with van der Waals surface area (Å²) in [5.41, 5.74) is 0.974. The second kappa shape index (κ2) is 6.99. The average molecular weight is 315 g/mol. The fraction of sp³-hybridized carbons (Fsp3) is 0.474. The van der Waals surface area contributed by atoms with Crippen LogP contribution in [-0.2, 0) is 9.53 Å². The number of imide groups is 1. The Labute approximate surface area is 138 Å². The van der Waals surface area contributed by atoms with Crippen molar-refractivity contribution in [3.63, 3.8) is 0 Å². The van der Waals surface area contributed by atoms with E-state index < -0.39 is 6.09 Å². The molecule has 1 aromatic carbocycles. The summed E-state index contributed by atoms with van der Waals surface area (Å²) >= 11 is 0. The van der Waals surface area contributed by atoms with Crippen molar-refractivity contribution in [2.45, 2.75) is 33.1 Å². The van der Waals surface area contributed by atoms with Gasteiger partial charge in [0.25, 0.3) is 0 Å². The first-order valence-electron chi connectivity index (χ1n) is 8.00. The number of carbonyl (C=O) groups is 2. The molecule has 2 amide bonds. The molecule has 0 N–H and O–H groups in total. The normalized spacial score (nSPS) is 17.5. The van der Waals surface area contributed by atoms with E-state index in [9.17, 15) is 9.59 Å². The number of carbonyl (C=O) groups excluding carboxylic acids is 2. The van der Waals surface area contributed by atoms with Gasteiger partial charge in [-0.2, -0.15) is 0 Å². The van der Waals surface area contributed by atoms with Gasteiger partial charge in [-0.15, -0.1) is 6.58 Å². The summed E-state index contributed by atoms with van der Waals surface area (Å²) in [6.45, 7) is 10.8. The van der Waals surface area contributed by atoms with Gasteiger partial charge in [-0.25, -0.2) is 9.69 Å². The third-order valence-corrected chi connectivity index (χ3v) is 4.26. The van der Waals surface area contributed by atoms with Crippen LogP contribution in [0.4, 0.5) is 4.79 Å². The molecule has 0 aliphatic carbocycles. The van der Waals surface area contributed by atoms with Crippen LogP contribution in [0, 0.1) is 11.3 Å². The number of nitrogens with zero attached hydrogens (tertiary/aromatic N) is 1. The van der Waals surface area contributed by atoms with Crippen LogP contribution >= 0.6 is 0 Å². The second-order valence-corrected chi connectivity index (χ2v) is 6.99. The highest BCUT2D eigenvalue weighted by Crippen LogP contribution is 2.43. The van der Waals surface area contributed by atoms with Gasteiger partial charge in [-0.3, -0.25) is 4.79 Å². The molecule has 124 valence electrons. The molecule has 1 fully saturated rings. The van der Waals surface area contributed by atoms with Crippen LogP contribution < -0.4 is 0 Å². The van der Waals surface area contributed by atoms with E-state index in [0.717, 1.165) is 5.56 Å². The van der Waals surface area contributed by atoms with Crippen molar-refractivity contribution in [3.05, 3.63) is 48.6 Å². The topological polar surface area (TPSA) is 46.6 Å². The zero-order chi connectivity index (χ0) is 17.0. The lowest BCUT2D eigenvalue weighted by Gasteiger charge is -2.37. The molecule has 0 spiro atoms. The predicted molar refractivity (Wildman–Crippen MR) is 90.0 cm³/mol. The lowest BCUT2D eigenvalue weighted by atomic mass is 9.68. The maximum absolute atomic E-state index is 13.0. The molecule has 2 rings (SSSR count). The van der Waals surface area contributed by atoms with E-state index >= 15 is 0 Å². The fourth-order valence-corrected chi connectivity index (χ4v) is 3.35. The number of amides is 2. The monoisotopic (exact) mass is 315 g/mol.